The fraction of sp³-hybridized carbons (Fsp3) is 0.207. The number of thioether (sulfide) groups is 1. The Balaban J connectivity index is 1.18. The lowest BCUT2D eigenvalue weighted by Gasteiger charge is -2.18. The summed E-state index contributed by atoms with van der Waals surface area (Å²) in [7, 11) is 0. The van der Waals surface area contributed by atoms with Gasteiger partial charge in [-0.3, -0.25) is 19.0 Å². The van der Waals surface area contributed by atoms with Crippen LogP contribution in [0.2, 0.25) is 5.02 Å². The average molecular weight is 559 g/mol. The molecule has 1 N–H and O–H groups in total. The van der Waals surface area contributed by atoms with Crippen LogP contribution in [0.5, 0.6) is 0 Å². The zero-order valence-corrected chi connectivity index (χ0v) is 22.3. The van der Waals surface area contributed by atoms with E-state index in [9.17, 15) is 14.4 Å². The molecule has 8 nitrogen and oxygen atoms in total. The summed E-state index contributed by atoms with van der Waals surface area (Å²) in [5.74, 6) is 0.0630. The van der Waals surface area contributed by atoms with E-state index >= 15 is 0 Å². The number of halogens is 1. The Morgan fingerprint density at radius 1 is 0.974 bits per heavy atom. The molecule has 3 aromatic carbocycles. The second-order valence-corrected chi connectivity index (χ2v) is 10.7. The molecular weight excluding hydrogens is 536 g/mol. The van der Waals surface area contributed by atoms with Crippen LogP contribution in [0, 0.1) is 0 Å². The van der Waals surface area contributed by atoms with E-state index in [0.29, 0.717) is 44.9 Å². The first-order valence-electron chi connectivity index (χ1n) is 12.5. The number of ketones is 2. The Morgan fingerprint density at radius 3 is 2.41 bits per heavy atom. The minimum absolute atomic E-state index is 0.0566. The van der Waals surface area contributed by atoms with Gasteiger partial charge in [-0.05, 0) is 55.3 Å². The molecule has 0 saturated carbocycles. The number of nitrogens with zero attached hydrogens (tertiary/aromatic N) is 3. The number of anilines is 1. The summed E-state index contributed by atoms with van der Waals surface area (Å²) in [6.45, 7) is 1.31. The SMILES string of the molecule is O=C(CSc1nnc(-c2ccc(Cl)cc2)n1C[C@@H]1CCCO1)Nc1ccc2c(c1)C(=O)c1ccccc1C2=O. The molecule has 10 heteroatoms. The van der Waals surface area contributed by atoms with Crippen molar-refractivity contribution in [3.63, 3.8) is 0 Å². The van der Waals surface area contributed by atoms with E-state index in [1.165, 1.54) is 11.8 Å². The predicted molar refractivity (Wildman–Crippen MR) is 149 cm³/mol. The van der Waals surface area contributed by atoms with Crippen LogP contribution >= 0.6 is 23.4 Å². The van der Waals surface area contributed by atoms with Gasteiger partial charge in [-0.1, -0.05) is 47.6 Å². The smallest absolute Gasteiger partial charge is 0.234 e. The Morgan fingerprint density at radius 2 is 1.69 bits per heavy atom. The van der Waals surface area contributed by atoms with Crippen LogP contribution < -0.4 is 5.32 Å². The van der Waals surface area contributed by atoms with Crippen molar-refractivity contribution in [3.8, 4) is 11.4 Å². The molecule has 0 unspecified atom stereocenters. The van der Waals surface area contributed by atoms with Gasteiger partial charge in [-0.25, -0.2) is 0 Å². The zero-order chi connectivity index (χ0) is 26.9. The maximum atomic E-state index is 13.0. The van der Waals surface area contributed by atoms with Gasteiger partial charge in [0.1, 0.15) is 0 Å². The first kappa shape index (κ1) is 25.5. The maximum absolute atomic E-state index is 13.0. The number of aromatic nitrogens is 3. The molecule has 0 spiro atoms. The van der Waals surface area contributed by atoms with Crippen molar-refractivity contribution in [2.75, 3.05) is 17.7 Å². The van der Waals surface area contributed by atoms with E-state index in [0.717, 1.165) is 25.0 Å². The standard InChI is InChI=1S/C29H23ClN4O4S/c30-18-9-7-17(8-10-18)28-32-33-29(34(28)15-20-4-3-13-38-20)39-16-25(35)31-19-11-12-23-24(14-19)27(37)22-6-2-1-5-21(22)26(23)36/h1-2,5-12,14,20H,3-4,13,15-16H2,(H,31,35)/t20-/m0/s1. The topological polar surface area (TPSA) is 103 Å². The number of fused-ring (bicyclic) bond motifs is 2. The van der Waals surface area contributed by atoms with Crippen LogP contribution in [0.25, 0.3) is 11.4 Å². The number of amides is 1. The van der Waals surface area contributed by atoms with E-state index in [2.05, 4.69) is 15.5 Å². The molecule has 1 saturated heterocycles. The molecule has 39 heavy (non-hydrogen) atoms. The minimum Gasteiger partial charge on any atom is -0.376 e. The van der Waals surface area contributed by atoms with Crippen molar-refractivity contribution in [1.29, 1.82) is 0 Å². The molecule has 1 atom stereocenters. The number of rotatable bonds is 7. The Labute approximate surface area is 233 Å². The van der Waals surface area contributed by atoms with E-state index in [1.54, 1.807) is 54.6 Å². The van der Waals surface area contributed by atoms with Crippen molar-refractivity contribution < 1.29 is 19.1 Å². The second-order valence-electron chi connectivity index (χ2n) is 9.36. The number of carbonyl (C=O) groups excluding carboxylic acids is 3. The Bertz CT molecular complexity index is 1600. The van der Waals surface area contributed by atoms with E-state index in [4.69, 9.17) is 16.3 Å². The van der Waals surface area contributed by atoms with Gasteiger partial charge in [0.25, 0.3) is 0 Å². The molecule has 2 aliphatic rings. The molecule has 4 aromatic rings. The summed E-state index contributed by atoms with van der Waals surface area (Å²) < 4.78 is 7.83. The van der Waals surface area contributed by atoms with Crippen molar-refractivity contribution in [3.05, 3.63) is 94.0 Å². The number of benzene rings is 3. The molecule has 1 amide bonds. The molecule has 1 aliphatic heterocycles. The highest BCUT2D eigenvalue weighted by molar-refractivity contribution is 7.99. The first-order chi connectivity index (χ1) is 19.0. The molecule has 1 aromatic heterocycles. The summed E-state index contributed by atoms with van der Waals surface area (Å²) in [6.07, 6.45) is 2.02. The average Bonchev–Trinajstić information content (AvgIpc) is 3.61. The van der Waals surface area contributed by atoms with Gasteiger partial charge in [0.2, 0.25) is 5.91 Å². The maximum Gasteiger partial charge on any atom is 0.234 e. The molecule has 0 bridgehead atoms. The minimum atomic E-state index is -0.269. The van der Waals surface area contributed by atoms with Crippen molar-refractivity contribution in [2.45, 2.75) is 30.6 Å². The van der Waals surface area contributed by atoms with Crippen LogP contribution in [0.15, 0.2) is 71.9 Å². The Hall–Kier alpha value is -3.79. The molecule has 2 heterocycles. The molecule has 6 rings (SSSR count). The molecule has 196 valence electrons. The highest BCUT2D eigenvalue weighted by Gasteiger charge is 2.29. The third-order valence-electron chi connectivity index (χ3n) is 6.77. The predicted octanol–water partition coefficient (Wildman–Crippen LogP) is 5.28. The van der Waals surface area contributed by atoms with E-state index in [1.807, 2.05) is 16.7 Å². The van der Waals surface area contributed by atoms with Crippen molar-refractivity contribution in [2.24, 2.45) is 0 Å². The van der Waals surface area contributed by atoms with E-state index < -0.39 is 0 Å². The first-order valence-corrected chi connectivity index (χ1v) is 13.9. The quantitative estimate of drug-likeness (QED) is 0.271. The van der Waals surface area contributed by atoms with Gasteiger partial charge in [0.05, 0.1) is 18.4 Å². The van der Waals surface area contributed by atoms with Crippen LogP contribution in [-0.2, 0) is 16.1 Å². The number of carbonyl (C=O) groups is 3. The molecule has 1 fully saturated rings. The number of ether oxygens (including phenoxy) is 1. The van der Waals surface area contributed by atoms with Gasteiger partial charge in [-0.15, -0.1) is 10.2 Å². The fourth-order valence-corrected chi connectivity index (χ4v) is 5.74. The van der Waals surface area contributed by atoms with Gasteiger partial charge in [0, 0.05) is 45.1 Å². The van der Waals surface area contributed by atoms with Gasteiger partial charge < -0.3 is 10.1 Å². The lowest BCUT2D eigenvalue weighted by Crippen LogP contribution is -2.22. The zero-order valence-electron chi connectivity index (χ0n) is 20.7. The van der Waals surface area contributed by atoms with Gasteiger partial charge >= 0.3 is 0 Å². The summed E-state index contributed by atoms with van der Waals surface area (Å²) in [5.41, 5.74) is 2.71. The molecule has 0 radical (unpaired) electrons. The highest BCUT2D eigenvalue weighted by atomic mass is 35.5. The van der Waals surface area contributed by atoms with Crippen LogP contribution in [0.1, 0.15) is 44.7 Å². The monoisotopic (exact) mass is 558 g/mol. The lowest BCUT2D eigenvalue weighted by atomic mass is 9.84. The normalized spacial score (nSPS) is 16.2. The summed E-state index contributed by atoms with van der Waals surface area (Å²) in [5, 5.41) is 12.8. The van der Waals surface area contributed by atoms with Crippen molar-refractivity contribution >= 4 is 46.5 Å². The lowest BCUT2D eigenvalue weighted by molar-refractivity contribution is -0.113. The molecular formula is C29H23ClN4O4S. The number of hydrogen-bond acceptors (Lipinski definition) is 7. The van der Waals surface area contributed by atoms with Gasteiger partial charge in [-0.2, -0.15) is 0 Å². The molecule has 1 aliphatic carbocycles. The fourth-order valence-electron chi connectivity index (χ4n) is 4.87. The van der Waals surface area contributed by atoms with Crippen molar-refractivity contribution in [1.82, 2.24) is 14.8 Å². The third-order valence-corrected chi connectivity index (χ3v) is 7.99. The largest absolute Gasteiger partial charge is 0.376 e. The summed E-state index contributed by atoms with van der Waals surface area (Å²) in [4.78, 5) is 38.8. The number of hydrogen-bond donors (Lipinski definition) is 1. The third kappa shape index (κ3) is 5.13. The Kier molecular flexibility index (Phi) is 7.03. The van der Waals surface area contributed by atoms with Crippen LogP contribution in [0.3, 0.4) is 0 Å². The second kappa shape index (κ2) is 10.8. The van der Waals surface area contributed by atoms with E-state index in [-0.39, 0.29) is 34.9 Å². The van der Waals surface area contributed by atoms with Crippen LogP contribution in [0.4, 0.5) is 5.69 Å². The number of nitrogens with one attached hydrogen (secondary N) is 1. The highest BCUT2D eigenvalue weighted by Crippen LogP contribution is 2.30. The van der Waals surface area contributed by atoms with Crippen LogP contribution in [-0.4, -0.2) is 50.7 Å². The summed E-state index contributed by atoms with van der Waals surface area (Å²) >= 11 is 7.33. The van der Waals surface area contributed by atoms with Gasteiger partial charge in [0.15, 0.2) is 22.5 Å². The summed E-state index contributed by atoms with van der Waals surface area (Å²) in [6, 6.07) is 18.9.